The zero-order chi connectivity index (χ0) is 15.9. The lowest BCUT2D eigenvalue weighted by Gasteiger charge is -2.18. The lowest BCUT2D eigenvalue weighted by molar-refractivity contribution is -0.385. The first kappa shape index (κ1) is 15.2. The molecule has 0 atom stereocenters. The van der Waals surface area contributed by atoms with E-state index in [0.717, 1.165) is 5.69 Å². The summed E-state index contributed by atoms with van der Waals surface area (Å²) in [6.07, 6.45) is 2.69. The van der Waals surface area contributed by atoms with Crippen molar-refractivity contribution in [3.05, 3.63) is 76.4 Å². The molecule has 0 bridgehead atoms. The highest BCUT2D eigenvalue weighted by Gasteiger charge is 2.10. The molecule has 0 radical (unpaired) electrons. The average Bonchev–Trinajstić information content (AvgIpc) is 2.54. The highest BCUT2D eigenvalue weighted by atomic mass is 16.6. The van der Waals surface area contributed by atoms with Crippen LogP contribution >= 0.6 is 0 Å². The van der Waals surface area contributed by atoms with Gasteiger partial charge in [-0.25, -0.2) is 0 Å². The number of nitrogens with zero attached hydrogens (tertiary/aromatic N) is 2. The van der Waals surface area contributed by atoms with E-state index >= 15 is 0 Å². The van der Waals surface area contributed by atoms with Crippen LogP contribution in [0.25, 0.3) is 6.08 Å². The maximum Gasteiger partial charge on any atom is 0.276 e. The van der Waals surface area contributed by atoms with Gasteiger partial charge in [0.25, 0.3) is 11.6 Å². The molecule has 0 aromatic heterocycles. The van der Waals surface area contributed by atoms with E-state index in [1.165, 1.54) is 18.2 Å². The van der Waals surface area contributed by atoms with Crippen LogP contribution in [0.2, 0.25) is 0 Å². The molecular formula is C16H15N3O3. The summed E-state index contributed by atoms with van der Waals surface area (Å²) in [5, 5.41) is 12.5. The number of nitro benzene ring substituents is 1. The van der Waals surface area contributed by atoms with Gasteiger partial charge in [-0.15, -0.1) is 0 Å². The number of anilines is 1. The van der Waals surface area contributed by atoms with Crippen LogP contribution in [0.15, 0.2) is 60.7 Å². The number of carbonyl (C=O) groups is 1. The average molecular weight is 297 g/mol. The van der Waals surface area contributed by atoms with E-state index in [1.807, 2.05) is 30.3 Å². The van der Waals surface area contributed by atoms with Gasteiger partial charge < -0.3 is 0 Å². The molecule has 1 amide bonds. The Balaban J connectivity index is 2.05. The molecule has 0 aliphatic carbocycles. The van der Waals surface area contributed by atoms with Crippen LogP contribution in [0, 0.1) is 10.1 Å². The lowest BCUT2D eigenvalue weighted by atomic mass is 10.1. The zero-order valence-electron chi connectivity index (χ0n) is 12.0. The van der Waals surface area contributed by atoms with Gasteiger partial charge in [-0.1, -0.05) is 30.3 Å². The molecule has 0 saturated heterocycles. The van der Waals surface area contributed by atoms with E-state index in [0.29, 0.717) is 5.56 Å². The number of amides is 1. The van der Waals surface area contributed by atoms with Crippen molar-refractivity contribution in [2.75, 3.05) is 12.1 Å². The summed E-state index contributed by atoms with van der Waals surface area (Å²) in [6, 6.07) is 15.6. The monoisotopic (exact) mass is 297 g/mol. The maximum absolute atomic E-state index is 11.9. The molecule has 6 heteroatoms. The molecule has 0 spiro atoms. The third-order valence-corrected chi connectivity index (χ3v) is 2.97. The van der Waals surface area contributed by atoms with Crippen molar-refractivity contribution in [3.8, 4) is 0 Å². The number of hydrogen-bond acceptors (Lipinski definition) is 4. The Labute approximate surface area is 127 Å². The first-order valence-electron chi connectivity index (χ1n) is 6.59. The van der Waals surface area contributed by atoms with Gasteiger partial charge in [-0.05, 0) is 24.3 Å². The minimum absolute atomic E-state index is 0.0389. The van der Waals surface area contributed by atoms with Crippen LogP contribution in [0.5, 0.6) is 0 Å². The fourth-order valence-electron chi connectivity index (χ4n) is 1.88. The molecule has 1 N–H and O–H groups in total. The second-order valence-corrected chi connectivity index (χ2v) is 4.52. The molecule has 0 heterocycles. The molecule has 0 unspecified atom stereocenters. The predicted octanol–water partition coefficient (Wildman–Crippen LogP) is 2.78. The largest absolute Gasteiger partial charge is 0.288 e. The quantitative estimate of drug-likeness (QED) is 0.523. The standard InChI is InChI=1S/C16H15N3O3/c1-18(14-8-3-2-4-9-14)17-16(20)12-11-13-7-5-6-10-15(13)19(21)22/h2-12H,1H3,(H,17,20)/b12-11+. The summed E-state index contributed by atoms with van der Waals surface area (Å²) in [7, 11) is 1.71. The van der Waals surface area contributed by atoms with E-state index in [9.17, 15) is 14.9 Å². The Bertz CT molecular complexity index is 699. The lowest BCUT2D eigenvalue weighted by Crippen LogP contribution is -2.38. The molecule has 0 saturated carbocycles. The topological polar surface area (TPSA) is 75.5 Å². The Morgan fingerprint density at radius 1 is 1.14 bits per heavy atom. The second kappa shape index (κ2) is 7.03. The Morgan fingerprint density at radius 2 is 1.77 bits per heavy atom. The van der Waals surface area contributed by atoms with Crippen molar-refractivity contribution in [2.24, 2.45) is 0 Å². The minimum Gasteiger partial charge on any atom is -0.288 e. The molecule has 2 aromatic rings. The number of para-hydroxylation sites is 2. The van der Waals surface area contributed by atoms with Crippen molar-refractivity contribution >= 4 is 23.4 Å². The van der Waals surface area contributed by atoms with Crippen LogP contribution in [0.3, 0.4) is 0 Å². The van der Waals surface area contributed by atoms with E-state index in [1.54, 1.807) is 30.3 Å². The summed E-state index contributed by atoms with van der Waals surface area (Å²) in [5.74, 6) is -0.371. The minimum atomic E-state index is -0.479. The van der Waals surface area contributed by atoms with Crippen molar-refractivity contribution in [2.45, 2.75) is 0 Å². The Morgan fingerprint density at radius 3 is 2.45 bits per heavy atom. The molecule has 2 aromatic carbocycles. The molecule has 0 aliphatic heterocycles. The Hall–Kier alpha value is -3.15. The molecule has 6 nitrogen and oxygen atoms in total. The first-order valence-corrected chi connectivity index (χ1v) is 6.59. The van der Waals surface area contributed by atoms with E-state index in [-0.39, 0.29) is 11.6 Å². The Kier molecular flexibility index (Phi) is 4.87. The number of nitro groups is 1. The fraction of sp³-hybridized carbons (Fsp3) is 0.0625. The van der Waals surface area contributed by atoms with Gasteiger partial charge in [0.15, 0.2) is 0 Å². The predicted molar refractivity (Wildman–Crippen MR) is 85.1 cm³/mol. The molecule has 22 heavy (non-hydrogen) atoms. The summed E-state index contributed by atoms with van der Waals surface area (Å²) in [6.45, 7) is 0. The maximum atomic E-state index is 11.9. The van der Waals surface area contributed by atoms with Crippen LogP contribution in [-0.2, 0) is 4.79 Å². The van der Waals surface area contributed by atoms with Crippen molar-refractivity contribution in [1.29, 1.82) is 0 Å². The molecule has 2 rings (SSSR count). The normalized spacial score (nSPS) is 10.4. The number of nitrogens with one attached hydrogen (secondary N) is 1. The number of rotatable bonds is 5. The fourth-order valence-corrected chi connectivity index (χ4v) is 1.88. The molecule has 0 fully saturated rings. The van der Waals surface area contributed by atoms with E-state index < -0.39 is 4.92 Å². The zero-order valence-corrected chi connectivity index (χ0v) is 12.0. The van der Waals surface area contributed by atoms with Crippen molar-refractivity contribution in [3.63, 3.8) is 0 Å². The number of hydrogen-bond donors (Lipinski definition) is 1. The number of carbonyl (C=O) groups excluding carboxylic acids is 1. The highest BCUT2D eigenvalue weighted by Crippen LogP contribution is 2.18. The van der Waals surface area contributed by atoms with Gasteiger partial charge in [0.05, 0.1) is 16.2 Å². The highest BCUT2D eigenvalue weighted by molar-refractivity contribution is 5.93. The molecular weight excluding hydrogens is 282 g/mol. The molecule has 0 aliphatic rings. The van der Waals surface area contributed by atoms with Crippen LogP contribution in [0.1, 0.15) is 5.56 Å². The SMILES string of the molecule is CN(NC(=O)/C=C/c1ccccc1[N+](=O)[O-])c1ccccc1. The summed E-state index contributed by atoms with van der Waals surface area (Å²) >= 11 is 0. The van der Waals surface area contributed by atoms with Crippen LogP contribution in [0.4, 0.5) is 11.4 Å². The summed E-state index contributed by atoms with van der Waals surface area (Å²) < 4.78 is 0. The number of benzene rings is 2. The van der Waals surface area contributed by atoms with Gasteiger partial charge >= 0.3 is 0 Å². The summed E-state index contributed by atoms with van der Waals surface area (Å²) in [5.41, 5.74) is 3.82. The third kappa shape index (κ3) is 3.92. The van der Waals surface area contributed by atoms with Gasteiger partial charge in [-0.2, -0.15) is 0 Å². The van der Waals surface area contributed by atoms with E-state index in [2.05, 4.69) is 5.43 Å². The van der Waals surface area contributed by atoms with Gasteiger partial charge in [-0.3, -0.25) is 25.3 Å². The van der Waals surface area contributed by atoms with E-state index in [4.69, 9.17) is 0 Å². The van der Waals surface area contributed by atoms with Crippen LogP contribution < -0.4 is 10.4 Å². The van der Waals surface area contributed by atoms with Gasteiger partial charge in [0.1, 0.15) is 0 Å². The second-order valence-electron chi connectivity index (χ2n) is 4.52. The smallest absolute Gasteiger partial charge is 0.276 e. The van der Waals surface area contributed by atoms with Crippen molar-refractivity contribution < 1.29 is 9.72 Å². The van der Waals surface area contributed by atoms with Gasteiger partial charge in [0, 0.05) is 19.2 Å². The first-order chi connectivity index (χ1) is 10.6. The van der Waals surface area contributed by atoms with Crippen molar-refractivity contribution in [1.82, 2.24) is 5.43 Å². The van der Waals surface area contributed by atoms with Crippen LogP contribution in [-0.4, -0.2) is 17.9 Å². The molecule has 112 valence electrons. The number of hydrazine groups is 1. The summed E-state index contributed by atoms with van der Waals surface area (Å²) in [4.78, 5) is 22.3. The third-order valence-electron chi connectivity index (χ3n) is 2.97. The van der Waals surface area contributed by atoms with Gasteiger partial charge in [0.2, 0.25) is 0 Å².